The lowest BCUT2D eigenvalue weighted by molar-refractivity contribution is -0.152. The quantitative estimate of drug-likeness (QED) is 0.160. The van der Waals surface area contributed by atoms with Crippen molar-refractivity contribution < 1.29 is 24.0 Å². The molecule has 36 heavy (non-hydrogen) atoms. The van der Waals surface area contributed by atoms with E-state index in [9.17, 15) is 24.0 Å². The van der Waals surface area contributed by atoms with Crippen molar-refractivity contribution in [1.82, 2.24) is 15.5 Å². The molecule has 3 atom stereocenters. The van der Waals surface area contributed by atoms with Gasteiger partial charge in [-0.25, -0.2) is 0 Å². The summed E-state index contributed by atoms with van der Waals surface area (Å²) >= 11 is 0. The van der Waals surface area contributed by atoms with Crippen molar-refractivity contribution >= 4 is 29.9 Å². The van der Waals surface area contributed by atoms with Gasteiger partial charge in [-0.1, -0.05) is 48.0 Å². The number of nitrogens with one attached hydrogen (secondary N) is 2. The number of nitrogens with two attached hydrogens (primary N) is 2. The molecular formula is C26H49N5O5. The Balaban J connectivity index is 5.60. The second kappa shape index (κ2) is 18.0. The molecule has 0 rings (SSSR count). The number of unbranched alkanes of at least 4 members (excludes halogenated alkanes) is 2. The summed E-state index contributed by atoms with van der Waals surface area (Å²) in [6.07, 6.45) is 3.88. The van der Waals surface area contributed by atoms with Gasteiger partial charge < -0.3 is 26.9 Å². The van der Waals surface area contributed by atoms with Crippen LogP contribution in [-0.4, -0.2) is 66.0 Å². The first-order valence-corrected chi connectivity index (χ1v) is 13.2. The molecule has 0 heterocycles. The van der Waals surface area contributed by atoms with Gasteiger partial charge in [0.15, 0.2) is 0 Å². The number of rotatable bonds is 18. The fourth-order valence-electron chi connectivity index (χ4n) is 3.91. The number of carbonyl (C=O) groups is 5. The average Bonchev–Trinajstić information content (AvgIpc) is 2.78. The molecule has 0 spiro atoms. The van der Waals surface area contributed by atoms with Crippen molar-refractivity contribution in [2.24, 2.45) is 29.2 Å². The summed E-state index contributed by atoms with van der Waals surface area (Å²) in [5.41, 5.74) is 11.4. The van der Waals surface area contributed by atoms with Crippen LogP contribution in [0, 0.1) is 17.8 Å². The Morgan fingerprint density at radius 1 is 0.861 bits per heavy atom. The SMILES string of the molecule is CC(C)C[C@H](NC(=O)CNC(=O)[C@@H](N)CC(C)C)C(=O)N(C(=O)CCCCCN)[C@H](C=O)CC(C)C. The maximum absolute atomic E-state index is 13.6. The Hall–Kier alpha value is -2.33. The van der Waals surface area contributed by atoms with Crippen molar-refractivity contribution in [3.8, 4) is 0 Å². The highest BCUT2D eigenvalue weighted by Gasteiger charge is 2.35. The number of hydrogen-bond donors (Lipinski definition) is 4. The van der Waals surface area contributed by atoms with E-state index in [1.165, 1.54) is 0 Å². The third-order valence-corrected chi connectivity index (χ3v) is 5.63. The number of nitrogens with zero attached hydrogens (tertiary/aromatic N) is 1. The molecule has 4 amide bonds. The van der Waals surface area contributed by atoms with E-state index >= 15 is 0 Å². The third kappa shape index (κ3) is 13.7. The lowest BCUT2D eigenvalue weighted by atomic mass is 9.98. The standard InChI is InChI=1S/C26H49N5O5/c1-17(2)12-20(16-32)31(24(34)10-8-7-9-11-27)26(36)22(14-19(5)6)30-23(33)15-29-25(35)21(28)13-18(3)4/h16-22H,7-15,27-28H2,1-6H3,(H,29,35)(H,30,33)/t20-,21-,22-/m0/s1. The van der Waals surface area contributed by atoms with Crippen LogP contribution in [0.3, 0.4) is 0 Å². The summed E-state index contributed by atoms with van der Waals surface area (Å²) in [7, 11) is 0. The molecule has 0 aliphatic rings. The first-order chi connectivity index (χ1) is 16.8. The summed E-state index contributed by atoms with van der Waals surface area (Å²) in [5.74, 6) is -1.74. The van der Waals surface area contributed by atoms with Gasteiger partial charge in [0.25, 0.3) is 5.91 Å². The van der Waals surface area contributed by atoms with Gasteiger partial charge in [-0.3, -0.25) is 24.1 Å². The Morgan fingerprint density at radius 3 is 1.94 bits per heavy atom. The molecule has 0 aliphatic carbocycles. The van der Waals surface area contributed by atoms with Crippen LogP contribution in [0.15, 0.2) is 0 Å². The van der Waals surface area contributed by atoms with Crippen LogP contribution in [0.25, 0.3) is 0 Å². The van der Waals surface area contributed by atoms with Crippen LogP contribution in [0.5, 0.6) is 0 Å². The fraction of sp³-hybridized carbons (Fsp3) is 0.808. The smallest absolute Gasteiger partial charge is 0.252 e. The molecule has 0 radical (unpaired) electrons. The second-order valence-corrected chi connectivity index (χ2v) is 10.7. The molecule has 6 N–H and O–H groups in total. The van der Waals surface area contributed by atoms with E-state index in [0.717, 1.165) is 17.7 Å². The Morgan fingerprint density at radius 2 is 1.44 bits per heavy atom. The van der Waals surface area contributed by atoms with Crippen molar-refractivity contribution in [3.05, 3.63) is 0 Å². The molecule has 10 heteroatoms. The van der Waals surface area contributed by atoms with E-state index in [-0.39, 0.29) is 37.1 Å². The van der Waals surface area contributed by atoms with Crippen LogP contribution in [0.1, 0.15) is 86.5 Å². The molecule has 0 aromatic heterocycles. The maximum Gasteiger partial charge on any atom is 0.252 e. The monoisotopic (exact) mass is 511 g/mol. The van der Waals surface area contributed by atoms with Crippen molar-refractivity contribution in [3.63, 3.8) is 0 Å². The van der Waals surface area contributed by atoms with Crippen LogP contribution in [0.4, 0.5) is 0 Å². The van der Waals surface area contributed by atoms with Crippen LogP contribution in [0.2, 0.25) is 0 Å². The van der Waals surface area contributed by atoms with Gasteiger partial charge in [0.1, 0.15) is 12.3 Å². The Kier molecular flexibility index (Phi) is 16.8. The van der Waals surface area contributed by atoms with Gasteiger partial charge in [-0.05, 0) is 56.4 Å². The molecule has 0 saturated carbocycles. The zero-order chi connectivity index (χ0) is 27.8. The summed E-state index contributed by atoms with van der Waals surface area (Å²) in [4.78, 5) is 64.5. The summed E-state index contributed by atoms with van der Waals surface area (Å²) < 4.78 is 0. The molecule has 208 valence electrons. The third-order valence-electron chi connectivity index (χ3n) is 5.63. The molecular weight excluding hydrogens is 462 g/mol. The van der Waals surface area contributed by atoms with Gasteiger partial charge in [0, 0.05) is 6.42 Å². The maximum atomic E-state index is 13.6. The highest BCUT2D eigenvalue weighted by molar-refractivity contribution is 6.01. The van der Waals surface area contributed by atoms with E-state index in [4.69, 9.17) is 11.5 Å². The molecule has 0 fully saturated rings. The minimum atomic E-state index is -1.01. The molecule has 0 aliphatic heterocycles. The predicted molar refractivity (Wildman–Crippen MR) is 141 cm³/mol. The van der Waals surface area contributed by atoms with E-state index in [1.54, 1.807) is 0 Å². The minimum absolute atomic E-state index is 0.0228. The predicted octanol–water partition coefficient (Wildman–Crippen LogP) is 1.49. The minimum Gasteiger partial charge on any atom is -0.346 e. The average molecular weight is 512 g/mol. The summed E-state index contributed by atoms with van der Waals surface area (Å²) in [5, 5.41) is 5.16. The normalized spacial score (nSPS) is 13.9. The lowest BCUT2D eigenvalue weighted by Gasteiger charge is -2.32. The van der Waals surface area contributed by atoms with Crippen molar-refractivity contribution in [2.45, 2.75) is 105 Å². The van der Waals surface area contributed by atoms with Gasteiger partial charge in [0.2, 0.25) is 17.7 Å². The zero-order valence-electron chi connectivity index (χ0n) is 23.0. The van der Waals surface area contributed by atoms with E-state index < -0.39 is 41.8 Å². The lowest BCUT2D eigenvalue weighted by Crippen LogP contribution is -2.56. The molecule has 0 aromatic rings. The number of amides is 4. The Labute approximate surface area is 216 Å². The highest BCUT2D eigenvalue weighted by atomic mass is 16.2. The largest absolute Gasteiger partial charge is 0.346 e. The Bertz CT molecular complexity index is 711. The number of carbonyl (C=O) groups excluding carboxylic acids is 5. The van der Waals surface area contributed by atoms with Crippen molar-refractivity contribution in [2.75, 3.05) is 13.1 Å². The zero-order valence-corrected chi connectivity index (χ0v) is 23.0. The second-order valence-electron chi connectivity index (χ2n) is 10.7. The molecule has 0 bridgehead atoms. The van der Waals surface area contributed by atoms with Gasteiger partial charge >= 0.3 is 0 Å². The van der Waals surface area contributed by atoms with Crippen LogP contribution in [-0.2, 0) is 24.0 Å². The van der Waals surface area contributed by atoms with E-state index in [2.05, 4.69) is 10.6 Å². The molecule has 10 nitrogen and oxygen atoms in total. The number of imide groups is 1. The topological polar surface area (TPSA) is 165 Å². The number of hydrogen-bond acceptors (Lipinski definition) is 7. The highest BCUT2D eigenvalue weighted by Crippen LogP contribution is 2.17. The van der Waals surface area contributed by atoms with E-state index in [1.807, 2.05) is 41.5 Å². The van der Waals surface area contributed by atoms with E-state index in [0.29, 0.717) is 32.1 Å². The van der Waals surface area contributed by atoms with Gasteiger partial charge in [-0.2, -0.15) is 0 Å². The fourth-order valence-corrected chi connectivity index (χ4v) is 3.91. The van der Waals surface area contributed by atoms with Crippen LogP contribution < -0.4 is 22.1 Å². The van der Waals surface area contributed by atoms with Gasteiger partial charge in [-0.15, -0.1) is 0 Å². The molecule has 0 saturated heterocycles. The van der Waals surface area contributed by atoms with Gasteiger partial charge in [0.05, 0.1) is 18.6 Å². The first-order valence-electron chi connectivity index (χ1n) is 13.2. The molecule has 0 aromatic carbocycles. The molecule has 0 unspecified atom stereocenters. The van der Waals surface area contributed by atoms with Crippen LogP contribution >= 0.6 is 0 Å². The van der Waals surface area contributed by atoms with Crippen molar-refractivity contribution in [1.29, 1.82) is 0 Å². The summed E-state index contributed by atoms with van der Waals surface area (Å²) in [6.45, 7) is 11.7. The number of aldehydes is 1. The summed E-state index contributed by atoms with van der Waals surface area (Å²) in [6, 6.07) is -2.66. The first kappa shape index (κ1) is 33.7.